The van der Waals surface area contributed by atoms with Crippen LogP contribution in [0, 0.1) is 0 Å². The molecule has 3 aromatic rings. The molecule has 3 heterocycles. The van der Waals surface area contributed by atoms with Crippen molar-refractivity contribution >= 4 is 22.7 Å². The van der Waals surface area contributed by atoms with Gasteiger partial charge in [0.1, 0.15) is 5.82 Å². The second-order valence-corrected chi connectivity index (χ2v) is 6.32. The summed E-state index contributed by atoms with van der Waals surface area (Å²) >= 11 is 0. The third-order valence-corrected chi connectivity index (χ3v) is 4.54. The van der Waals surface area contributed by atoms with Crippen LogP contribution in [0.25, 0.3) is 10.9 Å². The van der Waals surface area contributed by atoms with Gasteiger partial charge in [-0.3, -0.25) is 0 Å². The lowest BCUT2D eigenvalue weighted by Crippen LogP contribution is -2.19. The number of H-pyrrole nitrogens is 1. The van der Waals surface area contributed by atoms with Crippen molar-refractivity contribution in [3.8, 4) is 0 Å². The quantitative estimate of drug-likeness (QED) is 0.617. The van der Waals surface area contributed by atoms with Gasteiger partial charge in [-0.25, -0.2) is 4.98 Å². The van der Waals surface area contributed by atoms with Crippen LogP contribution >= 0.6 is 0 Å². The molecule has 0 aliphatic carbocycles. The molecule has 1 fully saturated rings. The summed E-state index contributed by atoms with van der Waals surface area (Å²) in [7, 11) is 0. The van der Waals surface area contributed by atoms with Gasteiger partial charge in [0, 0.05) is 43.0 Å². The average molecular weight is 337 g/mol. The first-order valence-electron chi connectivity index (χ1n) is 8.86. The minimum absolute atomic E-state index is 0.299. The van der Waals surface area contributed by atoms with E-state index in [4.69, 9.17) is 4.74 Å². The third-order valence-electron chi connectivity index (χ3n) is 4.54. The topological polar surface area (TPSA) is 74.9 Å². The lowest BCUT2D eigenvalue weighted by molar-refractivity contribution is 0.120. The van der Waals surface area contributed by atoms with E-state index in [2.05, 4.69) is 50.0 Å². The van der Waals surface area contributed by atoms with Crippen molar-refractivity contribution in [2.45, 2.75) is 25.4 Å². The molecule has 25 heavy (non-hydrogen) atoms. The maximum Gasteiger partial charge on any atom is 0.224 e. The van der Waals surface area contributed by atoms with Crippen LogP contribution in [0.1, 0.15) is 18.4 Å². The molecule has 3 N–H and O–H groups in total. The number of anilines is 2. The van der Waals surface area contributed by atoms with Gasteiger partial charge in [0.2, 0.25) is 5.95 Å². The highest BCUT2D eigenvalue weighted by atomic mass is 16.5. The fraction of sp³-hybridized carbons (Fsp3) is 0.368. The fourth-order valence-electron chi connectivity index (χ4n) is 3.21. The Bertz CT molecular complexity index is 825. The van der Waals surface area contributed by atoms with Gasteiger partial charge in [-0.2, -0.15) is 4.98 Å². The molecule has 0 radical (unpaired) electrons. The smallest absolute Gasteiger partial charge is 0.224 e. The Hall–Kier alpha value is -2.60. The van der Waals surface area contributed by atoms with Crippen LogP contribution in [0.2, 0.25) is 0 Å². The Morgan fingerprint density at radius 3 is 3.08 bits per heavy atom. The summed E-state index contributed by atoms with van der Waals surface area (Å²) in [6.45, 7) is 2.46. The highest BCUT2D eigenvalue weighted by Gasteiger charge is 2.15. The molecule has 6 nitrogen and oxygen atoms in total. The predicted molar refractivity (Wildman–Crippen MR) is 100.0 cm³/mol. The summed E-state index contributed by atoms with van der Waals surface area (Å²) < 4.78 is 5.62. The van der Waals surface area contributed by atoms with E-state index in [1.807, 2.05) is 12.1 Å². The summed E-state index contributed by atoms with van der Waals surface area (Å²) in [5.74, 6) is 1.48. The molecule has 1 saturated heterocycles. The molecule has 6 heteroatoms. The Morgan fingerprint density at radius 1 is 1.20 bits per heavy atom. The van der Waals surface area contributed by atoms with E-state index >= 15 is 0 Å². The van der Waals surface area contributed by atoms with E-state index in [1.165, 1.54) is 16.5 Å². The minimum Gasteiger partial charge on any atom is -0.376 e. The van der Waals surface area contributed by atoms with Crippen molar-refractivity contribution in [3.63, 3.8) is 0 Å². The van der Waals surface area contributed by atoms with Crippen LogP contribution in [0.4, 0.5) is 11.8 Å². The Balaban J connectivity index is 1.31. The van der Waals surface area contributed by atoms with Crippen molar-refractivity contribution < 1.29 is 4.74 Å². The molecule has 0 saturated carbocycles. The zero-order chi connectivity index (χ0) is 16.9. The van der Waals surface area contributed by atoms with Crippen molar-refractivity contribution in [2.24, 2.45) is 0 Å². The predicted octanol–water partition coefficient (Wildman–Crippen LogP) is 3.20. The van der Waals surface area contributed by atoms with Gasteiger partial charge in [-0.1, -0.05) is 18.2 Å². The zero-order valence-electron chi connectivity index (χ0n) is 14.2. The van der Waals surface area contributed by atoms with Crippen molar-refractivity contribution in [3.05, 3.63) is 48.3 Å². The van der Waals surface area contributed by atoms with E-state index in [0.717, 1.165) is 44.8 Å². The number of hydrogen-bond donors (Lipinski definition) is 3. The number of ether oxygens (including phenoxy) is 1. The number of aromatic amines is 1. The number of nitrogens with zero attached hydrogens (tertiary/aromatic N) is 2. The van der Waals surface area contributed by atoms with Gasteiger partial charge in [0.05, 0.1) is 6.10 Å². The van der Waals surface area contributed by atoms with Crippen LogP contribution in [-0.4, -0.2) is 40.8 Å². The maximum absolute atomic E-state index is 5.62. The first kappa shape index (κ1) is 15.9. The monoisotopic (exact) mass is 337 g/mol. The van der Waals surface area contributed by atoms with Crippen molar-refractivity contribution in [2.75, 3.05) is 30.3 Å². The second-order valence-electron chi connectivity index (χ2n) is 6.32. The SMILES string of the molecule is c1ccc2c(CCNc3nccc(NCC4CCCO4)n3)c[nH]c2c1. The van der Waals surface area contributed by atoms with Crippen LogP contribution in [0.15, 0.2) is 42.7 Å². The second kappa shape index (κ2) is 7.53. The van der Waals surface area contributed by atoms with E-state index in [-0.39, 0.29) is 0 Å². The summed E-state index contributed by atoms with van der Waals surface area (Å²) in [6.07, 6.45) is 7.34. The van der Waals surface area contributed by atoms with E-state index in [9.17, 15) is 0 Å². The Labute approximate surface area is 147 Å². The zero-order valence-corrected chi connectivity index (χ0v) is 14.2. The van der Waals surface area contributed by atoms with E-state index in [0.29, 0.717) is 12.1 Å². The summed E-state index contributed by atoms with van der Waals surface area (Å²) in [4.78, 5) is 12.1. The highest BCUT2D eigenvalue weighted by molar-refractivity contribution is 5.83. The van der Waals surface area contributed by atoms with Gasteiger partial charge in [-0.05, 0) is 37.0 Å². The van der Waals surface area contributed by atoms with Gasteiger partial charge in [0.15, 0.2) is 0 Å². The molecule has 0 spiro atoms. The third kappa shape index (κ3) is 3.91. The number of aromatic nitrogens is 3. The fourth-order valence-corrected chi connectivity index (χ4v) is 3.21. The number of rotatable bonds is 7. The first-order valence-corrected chi connectivity index (χ1v) is 8.86. The molecular formula is C19H23N5O. The Kier molecular flexibility index (Phi) is 4.79. The number of fused-ring (bicyclic) bond motifs is 1. The number of benzene rings is 1. The van der Waals surface area contributed by atoms with E-state index in [1.54, 1.807) is 6.20 Å². The number of para-hydroxylation sites is 1. The lowest BCUT2D eigenvalue weighted by Gasteiger charge is -2.12. The lowest BCUT2D eigenvalue weighted by atomic mass is 10.1. The van der Waals surface area contributed by atoms with Gasteiger partial charge in [0.25, 0.3) is 0 Å². The Morgan fingerprint density at radius 2 is 2.16 bits per heavy atom. The van der Waals surface area contributed by atoms with Crippen LogP contribution in [-0.2, 0) is 11.2 Å². The largest absolute Gasteiger partial charge is 0.376 e. The summed E-state index contributed by atoms with van der Waals surface area (Å²) in [5.41, 5.74) is 2.48. The first-order chi connectivity index (χ1) is 12.4. The van der Waals surface area contributed by atoms with Gasteiger partial charge >= 0.3 is 0 Å². The van der Waals surface area contributed by atoms with Crippen molar-refractivity contribution in [1.29, 1.82) is 0 Å². The summed E-state index contributed by atoms with van der Waals surface area (Å²) in [6, 6.07) is 10.2. The average Bonchev–Trinajstić information content (AvgIpc) is 3.31. The molecule has 1 unspecified atom stereocenters. The molecule has 1 aliphatic rings. The van der Waals surface area contributed by atoms with Crippen LogP contribution in [0.3, 0.4) is 0 Å². The number of nitrogens with one attached hydrogen (secondary N) is 3. The minimum atomic E-state index is 0.299. The molecule has 130 valence electrons. The van der Waals surface area contributed by atoms with Gasteiger partial charge in [-0.15, -0.1) is 0 Å². The van der Waals surface area contributed by atoms with Crippen LogP contribution in [0.5, 0.6) is 0 Å². The molecule has 0 bridgehead atoms. The van der Waals surface area contributed by atoms with E-state index < -0.39 is 0 Å². The van der Waals surface area contributed by atoms with Gasteiger partial charge < -0.3 is 20.4 Å². The molecule has 1 aromatic carbocycles. The number of hydrogen-bond acceptors (Lipinski definition) is 5. The molecule has 2 aromatic heterocycles. The standard InChI is InChI=1S/C19H23N5O/c1-2-6-17-16(5-1)14(12-22-17)7-9-20-19-21-10-8-18(24-19)23-13-15-4-3-11-25-15/h1-2,5-6,8,10,12,15,22H,3-4,7,9,11,13H2,(H2,20,21,23,24). The highest BCUT2D eigenvalue weighted by Crippen LogP contribution is 2.18. The molecular weight excluding hydrogens is 314 g/mol. The normalized spacial score (nSPS) is 17.0. The summed E-state index contributed by atoms with van der Waals surface area (Å²) in [5, 5.41) is 7.92. The molecule has 1 aliphatic heterocycles. The van der Waals surface area contributed by atoms with Crippen molar-refractivity contribution in [1.82, 2.24) is 15.0 Å². The molecule has 0 amide bonds. The maximum atomic E-state index is 5.62. The molecule has 1 atom stereocenters. The van der Waals surface area contributed by atoms with Crippen LogP contribution < -0.4 is 10.6 Å². The molecule has 4 rings (SSSR count).